The van der Waals surface area contributed by atoms with Crippen LogP contribution in [0.4, 0.5) is 4.39 Å². The zero-order valence-electron chi connectivity index (χ0n) is 16.2. The van der Waals surface area contributed by atoms with Crippen molar-refractivity contribution in [2.45, 2.75) is 13.2 Å². The standard InChI is InChI=1S/C21H18FNO6S/c1-26-20(24)13-7-14(21(25)27-2)9-18(8-13)28-10-16-12-30-19(23-16)11-29-17-5-3-15(22)4-6-17/h3-9,12H,10-11H2,1-2H3. The molecular weight excluding hydrogens is 413 g/mol. The molecule has 0 aliphatic carbocycles. The number of aromatic nitrogens is 1. The Morgan fingerprint density at radius 2 is 1.50 bits per heavy atom. The number of thiazole rings is 1. The first-order valence-corrected chi connectivity index (χ1v) is 9.62. The van der Waals surface area contributed by atoms with Crippen LogP contribution in [0.5, 0.6) is 11.5 Å². The van der Waals surface area contributed by atoms with Crippen molar-refractivity contribution in [2.24, 2.45) is 0 Å². The van der Waals surface area contributed by atoms with Crippen molar-refractivity contribution in [3.8, 4) is 11.5 Å². The molecule has 3 rings (SSSR count). The molecule has 0 spiro atoms. The van der Waals surface area contributed by atoms with Gasteiger partial charge in [-0.05, 0) is 42.5 Å². The van der Waals surface area contributed by atoms with E-state index in [1.54, 1.807) is 12.1 Å². The summed E-state index contributed by atoms with van der Waals surface area (Å²) < 4.78 is 33.6. The molecule has 9 heteroatoms. The van der Waals surface area contributed by atoms with Crippen molar-refractivity contribution < 1.29 is 32.9 Å². The number of methoxy groups -OCH3 is 2. The number of esters is 2. The van der Waals surface area contributed by atoms with Gasteiger partial charge in [-0.3, -0.25) is 0 Å². The minimum absolute atomic E-state index is 0.123. The molecular formula is C21H18FNO6S. The second-order valence-electron chi connectivity index (χ2n) is 5.99. The molecule has 1 aromatic heterocycles. The molecule has 30 heavy (non-hydrogen) atoms. The number of carbonyl (C=O) groups is 2. The topological polar surface area (TPSA) is 84.0 Å². The molecule has 3 aromatic rings. The van der Waals surface area contributed by atoms with Gasteiger partial charge in [0.15, 0.2) is 0 Å². The van der Waals surface area contributed by atoms with Crippen LogP contribution < -0.4 is 9.47 Å². The third kappa shape index (κ3) is 5.54. The predicted octanol–water partition coefficient (Wildman–Crippen LogP) is 4.01. The lowest BCUT2D eigenvalue weighted by molar-refractivity contribution is 0.0598. The van der Waals surface area contributed by atoms with Gasteiger partial charge in [0.25, 0.3) is 0 Å². The van der Waals surface area contributed by atoms with Crippen molar-refractivity contribution >= 4 is 23.3 Å². The van der Waals surface area contributed by atoms with Crippen molar-refractivity contribution in [3.63, 3.8) is 0 Å². The molecule has 0 saturated carbocycles. The van der Waals surface area contributed by atoms with Gasteiger partial charge in [0, 0.05) is 5.38 Å². The van der Waals surface area contributed by atoms with Crippen LogP contribution in [0.3, 0.4) is 0 Å². The number of benzene rings is 2. The summed E-state index contributed by atoms with van der Waals surface area (Å²) in [7, 11) is 2.50. The lowest BCUT2D eigenvalue weighted by Gasteiger charge is -2.09. The second-order valence-corrected chi connectivity index (χ2v) is 6.94. The quantitative estimate of drug-likeness (QED) is 0.498. The van der Waals surface area contributed by atoms with Crippen molar-refractivity contribution in [3.05, 3.63) is 75.5 Å². The first-order valence-electron chi connectivity index (χ1n) is 8.74. The van der Waals surface area contributed by atoms with Crippen molar-refractivity contribution in [1.82, 2.24) is 4.98 Å². The zero-order valence-corrected chi connectivity index (χ0v) is 17.0. The number of hydrogen-bond donors (Lipinski definition) is 0. The van der Waals surface area contributed by atoms with Crippen LogP contribution in [0, 0.1) is 5.82 Å². The van der Waals surface area contributed by atoms with Crippen molar-refractivity contribution in [2.75, 3.05) is 14.2 Å². The molecule has 0 aliphatic rings. The highest BCUT2D eigenvalue weighted by Crippen LogP contribution is 2.21. The average molecular weight is 431 g/mol. The lowest BCUT2D eigenvalue weighted by atomic mass is 10.1. The monoisotopic (exact) mass is 431 g/mol. The van der Waals surface area contributed by atoms with Crippen LogP contribution in [0.2, 0.25) is 0 Å². The van der Waals surface area contributed by atoms with Crippen LogP contribution in [-0.4, -0.2) is 31.1 Å². The molecule has 0 amide bonds. The van der Waals surface area contributed by atoms with E-state index >= 15 is 0 Å². The summed E-state index contributed by atoms with van der Waals surface area (Å²) in [6, 6.07) is 10.0. The second kappa shape index (κ2) is 9.84. The van der Waals surface area contributed by atoms with Crippen LogP contribution in [0.25, 0.3) is 0 Å². The first-order chi connectivity index (χ1) is 14.5. The summed E-state index contributed by atoms with van der Waals surface area (Å²) in [6.45, 7) is 0.360. The fraction of sp³-hybridized carbons (Fsp3) is 0.190. The van der Waals surface area contributed by atoms with E-state index in [4.69, 9.17) is 18.9 Å². The Morgan fingerprint density at radius 3 is 2.10 bits per heavy atom. The van der Waals surface area contributed by atoms with E-state index in [0.717, 1.165) is 5.01 Å². The fourth-order valence-corrected chi connectivity index (χ4v) is 3.16. The first kappa shape index (κ1) is 21.3. The van der Waals surface area contributed by atoms with Gasteiger partial charge in [0.2, 0.25) is 0 Å². The number of rotatable bonds is 8. The summed E-state index contributed by atoms with van der Waals surface area (Å²) in [5, 5.41) is 2.53. The molecule has 0 saturated heterocycles. The summed E-state index contributed by atoms with van der Waals surface area (Å²) >= 11 is 1.39. The Bertz CT molecular complexity index is 1000. The molecule has 1 heterocycles. The summed E-state index contributed by atoms with van der Waals surface area (Å²) in [5.74, 6) is -0.684. The maximum absolute atomic E-state index is 12.9. The third-order valence-electron chi connectivity index (χ3n) is 3.91. The Labute approximate surface area is 176 Å². The van der Waals surface area contributed by atoms with Gasteiger partial charge in [-0.25, -0.2) is 19.0 Å². The largest absolute Gasteiger partial charge is 0.487 e. The van der Waals surface area contributed by atoms with Crippen LogP contribution in [0.15, 0.2) is 47.8 Å². The van der Waals surface area contributed by atoms with E-state index in [9.17, 15) is 14.0 Å². The highest BCUT2D eigenvalue weighted by molar-refractivity contribution is 7.09. The van der Waals surface area contributed by atoms with E-state index in [-0.39, 0.29) is 30.2 Å². The Hall–Kier alpha value is -3.46. The molecule has 156 valence electrons. The summed E-state index contributed by atoms with van der Waals surface area (Å²) in [6.07, 6.45) is 0. The lowest BCUT2D eigenvalue weighted by Crippen LogP contribution is -2.08. The van der Waals surface area contributed by atoms with Gasteiger partial charge in [-0.15, -0.1) is 11.3 Å². The van der Waals surface area contributed by atoms with Gasteiger partial charge in [-0.2, -0.15) is 0 Å². The average Bonchev–Trinajstić information content (AvgIpc) is 3.23. The number of halogens is 1. The third-order valence-corrected chi connectivity index (χ3v) is 4.78. The summed E-state index contributed by atoms with van der Waals surface area (Å²) in [4.78, 5) is 28.1. The number of hydrogen-bond acceptors (Lipinski definition) is 8. The van der Waals surface area contributed by atoms with Crippen molar-refractivity contribution in [1.29, 1.82) is 0 Å². The smallest absolute Gasteiger partial charge is 0.338 e. The number of ether oxygens (including phenoxy) is 4. The molecule has 7 nitrogen and oxygen atoms in total. The molecule has 0 fully saturated rings. The van der Waals surface area contributed by atoms with Gasteiger partial charge in [0.05, 0.1) is 31.0 Å². The minimum atomic E-state index is -0.598. The van der Waals surface area contributed by atoms with E-state index < -0.39 is 11.9 Å². The molecule has 0 bridgehead atoms. The molecule has 0 unspecified atom stereocenters. The number of carbonyl (C=O) groups excluding carboxylic acids is 2. The molecule has 0 aliphatic heterocycles. The van der Waals surface area contributed by atoms with E-state index in [2.05, 4.69) is 4.98 Å². The van der Waals surface area contributed by atoms with Gasteiger partial charge < -0.3 is 18.9 Å². The molecule has 0 atom stereocenters. The fourth-order valence-electron chi connectivity index (χ4n) is 2.47. The van der Waals surface area contributed by atoms with E-state index in [1.165, 1.54) is 55.9 Å². The molecule has 2 aromatic carbocycles. The van der Waals surface area contributed by atoms with Crippen LogP contribution >= 0.6 is 11.3 Å². The predicted molar refractivity (Wildman–Crippen MR) is 106 cm³/mol. The zero-order chi connectivity index (χ0) is 21.5. The highest BCUT2D eigenvalue weighted by atomic mass is 32.1. The normalized spacial score (nSPS) is 10.4. The van der Waals surface area contributed by atoms with Crippen LogP contribution in [-0.2, 0) is 22.7 Å². The minimum Gasteiger partial charge on any atom is -0.487 e. The SMILES string of the molecule is COC(=O)c1cc(OCc2csc(COc3ccc(F)cc3)n2)cc(C(=O)OC)c1. The molecule has 0 N–H and O–H groups in total. The van der Waals surface area contributed by atoms with Gasteiger partial charge in [0.1, 0.15) is 35.5 Å². The van der Waals surface area contributed by atoms with Gasteiger partial charge >= 0.3 is 11.9 Å². The Balaban J connectivity index is 1.64. The Kier molecular flexibility index (Phi) is 6.97. The maximum Gasteiger partial charge on any atom is 0.338 e. The molecule has 0 radical (unpaired) electrons. The number of nitrogens with zero attached hydrogens (tertiary/aromatic N) is 1. The Morgan fingerprint density at radius 1 is 0.900 bits per heavy atom. The van der Waals surface area contributed by atoms with Crippen LogP contribution in [0.1, 0.15) is 31.4 Å². The van der Waals surface area contributed by atoms with E-state index in [0.29, 0.717) is 17.2 Å². The highest BCUT2D eigenvalue weighted by Gasteiger charge is 2.15. The van der Waals surface area contributed by atoms with E-state index in [1.807, 2.05) is 5.38 Å². The maximum atomic E-state index is 12.9. The summed E-state index contributed by atoms with van der Waals surface area (Å²) in [5.41, 5.74) is 0.991. The van der Waals surface area contributed by atoms with Gasteiger partial charge in [-0.1, -0.05) is 0 Å².